The highest BCUT2D eigenvalue weighted by molar-refractivity contribution is 5.95. The van der Waals surface area contributed by atoms with Crippen LogP contribution in [0.25, 0.3) is 0 Å². The molecule has 6 heteroatoms. The lowest BCUT2D eigenvalue weighted by molar-refractivity contribution is 0.0862. The van der Waals surface area contributed by atoms with Crippen molar-refractivity contribution < 1.29 is 9.90 Å². The maximum atomic E-state index is 13.3. The average molecular weight is 399 g/mol. The summed E-state index contributed by atoms with van der Waals surface area (Å²) in [5.74, 6) is 4.04. The topological polar surface area (TPSA) is 87.1 Å². The highest BCUT2D eigenvalue weighted by Gasteiger charge is 2.53. The van der Waals surface area contributed by atoms with E-state index in [2.05, 4.69) is 15.6 Å². The van der Waals surface area contributed by atoms with E-state index in [1.165, 1.54) is 38.5 Å². The second-order valence-corrected chi connectivity index (χ2v) is 10.6. The Labute approximate surface area is 173 Å². The highest BCUT2D eigenvalue weighted by Crippen LogP contribution is 2.58. The molecule has 1 aromatic heterocycles. The van der Waals surface area contributed by atoms with E-state index >= 15 is 0 Å². The molecule has 5 aliphatic rings. The van der Waals surface area contributed by atoms with Gasteiger partial charge in [0.2, 0.25) is 5.95 Å². The van der Waals surface area contributed by atoms with Gasteiger partial charge in [-0.25, -0.2) is 9.97 Å². The number of aromatic nitrogens is 2. The Balaban J connectivity index is 1.35. The Hall–Kier alpha value is -1.69. The van der Waals surface area contributed by atoms with Gasteiger partial charge in [-0.3, -0.25) is 4.79 Å². The van der Waals surface area contributed by atoms with E-state index in [1.54, 1.807) is 20.0 Å². The van der Waals surface area contributed by atoms with Gasteiger partial charge in [0.05, 0.1) is 16.9 Å². The van der Waals surface area contributed by atoms with Gasteiger partial charge in [0.25, 0.3) is 5.91 Å². The minimum Gasteiger partial charge on any atom is -0.389 e. The fourth-order valence-electron chi connectivity index (χ4n) is 6.61. The Morgan fingerprint density at radius 2 is 1.72 bits per heavy atom. The van der Waals surface area contributed by atoms with Crippen LogP contribution in [0.4, 0.5) is 5.95 Å². The molecule has 158 valence electrons. The van der Waals surface area contributed by atoms with E-state index in [4.69, 9.17) is 4.98 Å². The summed E-state index contributed by atoms with van der Waals surface area (Å²) in [4.78, 5) is 22.5. The predicted molar refractivity (Wildman–Crippen MR) is 112 cm³/mol. The van der Waals surface area contributed by atoms with Crippen LogP contribution < -0.4 is 10.6 Å². The molecule has 0 unspecified atom stereocenters. The van der Waals surface area contributed by atoms with E-state index < -0.39 is 5.60 Å². The first-order valence-corrected chi connectivity index (χ1v) is 11.5. The first-order chi connectivity index (χ1) is 13.9. The number of carbonyl (C=O) groups excluding carboxylic acids is 1. The Bertz CT molecular complexity index is 754. The second kappa shape index (κ2) is 7.22. The normalized spacial score (nSPS) is 33.4. The van der Waals surface area contributed by atoms with Crippen molar-refractivity contribution in [3.8, 4) is 0 Å². The molecule has 0 aliphatic heterocycles. The number of aliphatic hydroxyl groups is 1. The molecule has 29 heavy (non-hydrogen) atoms. The standard InChI is InChI=1S/C23H34N4O2/c1-23(2,29)12-25-22-24-11-18(20(27-22)13-5-3-4-6-13)21(28)26-19-16-7-14-8-17(19)10-15(14)9-16/h11,13-17,19,29H,3-10,12H2,1-2H3,(H,26,28)(H,24,25,27). The molecule has 1 aromatic rings. The minimum absolute atomic E-state index is 0.0136. The third kappa shape index (κ3) is 3.76. The van der Waals surface area contributed by atoms with Crippen molar-refractivity contribution in [1.29, 1.82) is 0 Å². The van der Waals surface area contributed by atoms with Crippen LogP contribution in [0.1, 0.15) is 87.2 Å². The highest BCUT2D eigenvalue weighted by atomic mass is 16.3. The maximum Gasteiger partial charge on any atom is 0.254 e. The van der Waals surface area contributed by atoms with Crippen LogP contribution in [-0.2, 0) is 0 Å². The molecule has 5 fully saturated rings. The van der Waals surface area contributed by atoms with Crippen molar-refractivity contribution in [2.75, 3.05) is 11.9 Å². The predicted octanol–water partition coefficient (Wildman–Crippen LogP) is 3.48. The third-order valence-corrected chi connectivity index (χ3v) is 7.89. The first kappa shape index (κ1) is 19.3. The van der Waals surface area contributed by atoms with Gasteiger partial charge in [-0.15, -0.1) is 0 Å². The number of carbonyl (C=O) groups is 1. The average Bonchev–Trinajstić information content (AvgIpc) is 3.37. The summed E-state index contributed by atoms with van der Waals surface area (Å²) in [6.45, 7) is 3.88. The van der Waals surface area contributed by atoms with Crippen LogP contribution >= 0.6 is 0 Å². The van der Waals surface area contributed by atoms with Crippen LogP contribution in [-0.4, -0.2) is 39.2 Å². The van der Waals surface area contributed by atoms with E-state index in [0.29, 0.717) is 41.9 Å². The molecule has 0 saturated heterocycles. The summed E-state index contributed by atoms with van der Waals surface area (Å²) in [6, 6.07) is 0.335. The van der Waals surface area contributed by atoms with Crippen molar-refractivity contribution in [3.05, 3.63) is 17.5 Å². The molecule has 0 radical (unpaired) electrons. The number of anilines is 1. The fraction of sp³-hybridized carbons (Fsp3) is 0.783. The zero-order valence-corrected chi connectivity index (χ0v) is 17.7. The summed E-state index contributed by atoms with van der Waals surface area (Å²) in [5.41, 5.74) is 0.703. The Morgan fingerprint density at radius 3 is 2.31 bits per heavy atom. The smallest absolute Gasteiger partial charge is 0.254 e. The number of nitrogens with one attached hydrogen (secondary N) is 2. The van der Waals surface area contributed by atoms with Crippen LogP contribution in [0.2, 0.25) is 0 Å². The molecule has 6 nitrogen and oxygen atoms in total. The van der Waals surface area contributed by atoms with Crippen molar-refractivity contribution in [2.24, 2.45) is 23.7 Å². The van der Waals surface area contributed by atoms with E-state index in [9.17, 15) is 9.90 Å². The molecule has 3 N–H and O–H groups in total. The Morgan fingerprint density at radius 1 is 1.10 bits per heavy atom. The van der Waals surface area contributed by atoms with Gasteiger partial charge in [0.1, 0.15) is 0 Å². The quantitative estimate of drug-likeness (QED) is 0.683. The van der Waals surface area contributed by atoms with Gasteiger partial charge in [-0.05, 0) is 76.0 Å². The monoisotopic (exact) mass is 398 g/mol. The van der Waals surface area contributed by atoms with Crippen LogP contribution in [0, 0.1) is 23.7 Å². The van der Waals surface area contributed by atoms with Gasteiger partial charge in [0, 0.05) is 24.7 Å². The van der Waals surface area contributed by atoms with E-state index in [-0.39, 0.29) is 5.91 Å². The lowest BCUT2D eigenvalue weighted by atomic mass is 9.77. The van der Waals surface area contributed by atoms with Gasteiger partial charge >= 0.3 is 0 Å². The van der Waals surface area contributed by atoms with Gasteiger partial charge in [-0.1, -0.05) is 12.8 Å². The molecule has 1 amide bonds. The summed E-state index contributed by atoms with van der Waals surface area (Å²) >= 11 is 0. The van der Waals surface area contributed by atoms with Crippen LogP contribution in [0.15, 0.2) is 6.20 Å². The van der Waals surface area contributed by atoms with E-state index in [0.717, 1.165) is 30.4 Å². The summed E-state index contributed by atoms with van der Waals surface area (Å²) in [7, 11) is 0. The summed E-state index contributed by atoms with van der Waals surface area (Å²) in [5, 5.41) is 16.5. The number of amides is 1. The number of rotatable bonds is 6. The van der Waals surface area contributed by atoms with E-state index in [1.807, 2.05) is 0 Å². The largest absolute Gasteiger partial charge is 0.389 e. The molecule has 0 spiro atoms. The van der Waals surface area contributed by atoms with Gasteiger partial charge in [-0.2, -0.15) is 0 Å². The molecular weight excluding hydrogens is 364 g/mol. The fourth-order valence-corrected chi connectivity index (χ4v) is 6.61. The van der Waals surface area contributed by atoms with Crippen LogP contribution in [0.5, 0.6) is 0 Å². The Kier molecular flexibility index (Phi) is 4.80. The zero-order chi connectivity index (χ0) is 20.2. The van der Waals surface area contributed by atoms with Crippen molar-refractivity contribution in [1.82, 2.24) is 15.3 Å². The molecule has 0 aromatic carbocycles. The third-order valence-electron chi connectivity index (χ3n) is 7.89. The maximum absolute atomic E-state index is 13.3. The molecule has 5 aliphatic carbocycles. The number of hydrogen-bond donors (Lipinski definition) is 3. The summed E-state index contributed by atoms with van der Waals surface area (Å²) < 4.78 is 0. The van der Waals surface area contributed by atoms with Crippen LogP contribution in [0.3, 0.4) is 0 Å². The molecule has 1 heterocycles. The van der Waals surface area contributed by atoms with Crippen molar-refractivity contribution in [3.63, 3.8) is 0 Å². The van der Waals surface area contributed by atoms with Gasteiger partial charge in [0.15, 0.2) is 0 Å². The number of hydrogen-bond acceptors (Lipinski definition) is 5. The zero-order valence-electron chi connectivity index (χ0n) is 17.7. The molecule has 0 atom stereocenters. The number of nitrogens with zero attached hydrogens (tertiary/aromatic N) is 2. The van der Waals surface area contributed by atoms with Crippen molar-refractivity contribution in [2.45, 2.75) is 82.8 Å². The minimum atomic E-state index is -0.840. The molecular formula is C23H34N4O2. The SMILES string of the molecule is CC(C)(O)CNc1ncc(C(=O)NC2C3CC4CC2CC4C3)c(C2CCCC2)n1. The van der Waals surface area contributed by atoms with Crippen molar-refractivity contribution >= 4 is 11.9 Å². The van der Waals surface area contributed by atoms with Gasteiger partial charge < -0.3 is 15.7 Å². The second-order valence-electron chi connectivity index (χ2n) is 10.6. The molecule has 5 saturated carbocycles. The molecule has 6 rings (SSSR count). The summed E-state index contributed by atoms with van der Waals surface area (Å²) in [6.07, 6.45) is 11.5. The first-order valence-electron chi connectivity index (χ1n) is 11.5. The molecule has 4 bridgehead atoms. The lowest BCUT2D eigenvalue weighted by Gasteiger charge is -2.36. The lowest BCUT2D eigenvalue weighted by Crippen LogP contribution is -2.47.